The summed E-state index contributed by atoms with van der Waals surface area (Å²) in [5.74, 6) is 1.41. The summed E-state index contributed by atoms with van der Waals surface area (Å²) in [4.78, 5) is 4.91. The van der Waals surface area contributed by atoms with E-state index in [-0.39, 0.29) is 11.8 Å². The Morgan fingerprint density at radius 3 is 2.20 bits per heavy atom. The molecule has 2 N–H and O–H groups in total. The Morgan fingerprint density at radius 1 is 0.900 bits per heavy atom. The van der Waals surface area contributed by atoms with Crippen molar-refractivity contribution in [1.29, 1.82) is 0 Å². The first kappa shape index (κ1) is 20.9. The van der Waals surface area contributed by atoms with Crippen molar-refractivity contribution in [3.05, 3.63) is 35.4 Å². The maximum atomic E-state index is 10.2. The summed E-state index contributed by atoms with van der Waals surface area (Å²) in [5, 5.41) is 20.4. The molecule has 4 rings (SSSR count). The number of aromatic nitrogens is 1. The van der Waals surface area contributed by atoms with E-state index in [1.165, 1.54) is 31.4 Å². The van der Waals surface area contributed by atoms with Gasteiger partial charge in [0.25, 0.3) is 0 Å². The van der Waals surface area contributed by atoms with E-state index in [4.69, 9.17) is 4.74 Å². The van der Waals surface area contributed by atoms with Crippen molar-refractivity contribution in [2.75, 3.05) is 37.6 Å². The Kier molecular flexibility index (Phi) is 6.42. The maximum absolute atomic E-state index is 10.2. The van der Waals surface area contributed by atoms with E-state index in [1.807, 2.05) is 13.8 Å². The first-order chi connectivity index (χ1) is 14.5. The van der Waals surface area contributed by atoms with Crippen LogP contribution in [0.25, 0.3) is 0 Å². The van der Waals surface area contributed by atoms with E-state index in [0.717, 1.165) is 56.0 Å². The second-order valence-electron chi connectivity index (χ2n) is 8.72. The molecule has 1 aromatic heterocycles. The number of benzene rings is 1. The molecule has 2 aromatic rings. The van der Waals surface area contributed by atoms with Crippen LogP contribution in [0.15, 0.2) is 24.3 Å². The van der Waals surface area contributed by atoms with Crippen molar-refractivity contribution in [3.63, 3.8) is 0 Å². The lowest BCUT2D eigenvalue weighted by Crippen LogP contribution is -2.46. The lowest BCUT2D eigenvalue weighted by Gasteiger charge is -2.37. The molecule has 0 bridgehead atoms. The topological polar surface area (TPSA) is 61.1 Å². The Labute approximate surface area is 179 Å². The lowest BCUT2D eigenvalue weighted by atomic mass is 10.2. The molecule has 2 fully saturated rings. The Bertz CT molecular complexity index is 824. The largest absolute Gasteiger partial charge is 0.494 e. The molecule has 0 amide bonds. The maximum Gasteiger partial charge on any atom is 0.197 e. The lowest BCUT2D eigenvalue weighted by molar-refractivity contribution is 0.208. The number of nitrogens with zero attached hydrogens (tertiary/aromatic N) is 3. The van der Waals surface area contributed by atoms with Gasteiger partial charge in [-0.25, -0.2) is 0 Å². The van der Waals surface area contributed by atoms with Gasteiger partial charge in [-0.05, 0) is 64.6 Å². The summed E-state index contributed by atoms with van der Waals surface area (Å²) in [6, 6.07) is 8.46. The van der Waals surface area contributed by atoms with Gasteiger partial charge >= 0.3 is 0 Å². The van der Waals surface area contributed by atoms with Crippen molar-refractivity contribution in [2.24, 2.45) is 0 Å². The van der Waals surface area contributed by atoms with Gasteiger partial charge in [0.1, 0.15) is 5.75 Å². The van der Waals surface area contributed by atoms with Crippen LogP contribution in [0.5, 0.6) is 17.5 Å². The van der Waals surface area contributed by atoms with Gasteiger partial charge in [-0.1, -0.05) is 12.1 Å². The summed E-state index contributed by atoms with van der Waals surface area (Å²) in [6.45, 7) is 9.28. The first-order valence-corrected chi connectivity index (χ1v) is 11.3. The molecule has 1 aliphatic heterocycles. The van der Waals surface area contributed by atoms with Gasteiger partial charge in [0.15, 0.2) is 11.8 Å². The zero-order chi connectivity index (χ0) is 21.1. The highest BCUT2D eigenvalue weighted by atomic mass is 16.5. The molecule has 6 nitrogen and oxygen atoms in total. The minimum absolute atomic E-state index is 0.189. The third-order valence-corrected chi connectivity index (χ3v) is 6.77. The fraction of sp³-hybridized carbons (Fsp3) is 0.583. The van der Waals surface area contributed by atoms with Gasteiger partial charge < -0.3 is 19.8 Å². The highest BCUT2D eigenvalue weighted by molar-refractivity contribution is 5.58. The number of piperazine rings is 1. The highest BCUT2D eigenvalue weighted by Gasteiger charge is 2.23. The average molecular weight is 414 g/mol. The van der Waals surface area contributed by atoms with Crippen LogP contribution in [0.4, 0.5) is 5.69 Å². The summed E-state index contributed by atoms with van der Waals surface area (Å²) in [6.07, 6.45) is 6.19. The van der Waals surface area contributed by atoms with Crippen molar-refractivity contribution in [2.45, 2.75) is 58.6 Å². The van der Waals surface area contributed by atoms with Crippen LogP contribution in [0.3, 0.4) is 0 Å². The van der Waals surface area contributed by atoms with Crippen LogP contribution >= 0.6 is 0 Å². The molecule has 1 saturated heterocycles. The molecular formula is C24H35N3O3. The molecule has 30 heavy (non-hydrogen) atoms. The predicted molar refractivity (Wildman–Crippen MR) is 120 cm³/mol. The van der Waals surface area contributed by atoms with Crippen molar-refractivity contribution < 1.29 is 14.9 Å². The second kappa shape index (κ2) is 9.21. The van der Waals surface area contributed by atoms with Crippen LogP contribution in [0, 0.1) is 13.8 Å². The molecular weight excluding hydrogens is 378 g/mol. The molecule has 1 saturated carbocycles. The summed E-state index contributed by atoms with van der Waals surface area (Å²) in [5.41, 5.74) is 2.75. The third kappa shape index (κ3) is 4.38. The quantitative estimate of drug-likeness (QED) is 0.717. The summed E-state index contributed by atoms with van der Waals surface area (Å²) in [7, 11) is 0. The van der Waals surface area contributed by atoms with Crippen LogP contribution < -0.4 is 9.64 Å². The van der Waals surface area contributed by atoms with Crippen molar-refractivity contribution in [3.8, 4) is 17.5 Å². The summed E-state index contributed by atoms with van der Waals surface area (Å²) >= 11 is 0. The standard InChI is InChI=1S/C24H35N3O3/c1-18-19(2)24(29)27(23(18)28)13-7-12-25-14-16-26(17-15-25)21-10-5-6-11-22(21)30-20-8-3-4-9-20/h5-6,10-11,20,28-29H,3-4,7-9,12-17H2,1-2H3. The van der Waals surface area contributed by atoms with Gasteiger partial charge in [-0.15, -0.1) is 0 Å². The molecule has 2 aliphatic rings. The monoisotopic (exact) mass is 413 g/mol. The van der Waals surface area contributed by atoms with Crippen LogP contribution in [-0.4, -0.2) is 58.5 Å². The molecule has 2 heterocycles. The Morgan fingerprint density at radius 2 is 1.53 bits per heavy atom. The second-order valence-corrected chi connectivity index (χ2v) is 8.72. The van der Waals surface area contributed by atoms with Crippen LogP contribution in [0.2, 0.25) is 0 Å². The normalized spacial score (nSPS) is 18.3. The average Bonchev–Trinajstić information content (AvgIpc) is 3.34. The van der Waals surface area contributed by atoms with E-state index in [9.17, 15) is 10.2 Å². The molecule has 0 atom stereocenters. The van der Waals surface area contributed by atoms with Crippen molar-refractivity contribution in [1.82, 2.24) is 9.47 Å². The predicted octanol–water partition coefficient (Wildman–Crippen LogP) is 4.05. The molecule has 164 valence electrons. The minimum atomic E-state index is 0.189. The van der Waals surface area contributed by atoms with Gasteiger partial charge in [-0.2, -0.15) is 0 Å². The number of rotatable bonds is 7. The van der Waals surface area contributed by atoms with Gasteiger partial charge in [-0.3, -0.25) is 9.47 Å². The smallest absolute Gasteiger partial charge is 0.197 e. The van der Waals surface area contributed by atoms with Crippen molar-refractivity contribution >= 4 is 5.69 Å². The fourth-order valence-corrected chi connectivity index (χ4v) is 4.72. The zero-order valence-electron chi connectivity index (χ0n) is 18.3. The van der Waals surface area contributed by atoms with E-state index < -0.39 is 0 Å². The number of hydrogen-bond acceptors (Lipinski definition) is 5. The fourth-order valence-electron chi connectivity index (χ4n) is 4.72. The number of anilines is 1. The Balaban J connectivity index is 1.28. The van der Waals surface area contributed by atoms with Gasteiger partial charge in [0, 0.05) is 43.9 Å². The van der Waals surface area contributed by atoms with E-state index >= 15 is 0 Å². The molecule has 0 radical (unpaired) electrons. The van der Waals surface area contributed by atoms with Gasteiger partial charge in [0.2, 0.25) is 0 Å². The van der Waals surface area contributed by atoms with E-state index in [2.05, 4.69) is 34.1 Å². The minimum Gasteiger partial charge on any atom is -0.494 e. The molecule has 1 aliphatic carbocycles. The Hall–Kier alpha value is -2.34. The van der Waals surface area contributed by atoms with E-state index in [0.29, 0.717) is 12.6 Å². The first-order valence-electron chi connectivity index (χ1n) is 11.3. The molecule has 0 unspecified atom stereocenters. The zero-order valence-corrected chi connectivity index (χ0v) is 18.3. The van der Waals surface area contributed by atoms with Crippen LogP contribution in [0.1, 0.15) is 43.2 Å². The number of aromatic hydroxyl groups is 2. The molecule has 0 spiro atoms. The number of para-hydroxylation sites is 2. The number of hydrogen-bond donors (Lipinski definition) is 2. The van der Waals surface area contributed by atoms with Gasteiger partial charge in [0.05, 0.1) is 11.8 Å². The molecule has 1 aromatic carbocycles. The van der Waals surface area contributed by atoms with Crippen LogP contribution in [-0.2, 0) is 6.54 Å². The summed E-state index contributed by atoms with van der Waals surface area (Å²) < 4.78 is 7.95. The SMILES string of the molecule is Cc1c(C)c(O)n(CCCN2CCN(c3ccccc3OC3CCCC3)CC2)c1O. The third-order valence-electron chi connectivity index (χ3n) is 6.77. The molecule has 6 heteroatoms. The number of ether oxygens (including phenoxy) is 1. The van der Waals surface area contributed by atoms with E-state index in [1.54, 1.807) is 4.57 Å². The highest BCUT2D eigenvalue weighted by Crippen LogP contribution is 2.34.